The van der Waals surface area contributed by atoms with Crippen molar-refractivity contribution in [3.63, 3.8) is 0 Å². The fraction of sp³-hybridized carbons (Fsp3) is 0.192. The minimum atomic E-state index is -0.639. The van der Waals surface area contributed by atoms with E-state index in [4.69, 9.17) is 4.74 Å². The van der Waals surface area contributed by atoms with E-state index < -0.39 is 11.6 Å². The number of para-hydroxylation sites is 1. The normalized spacial score (nSPS) is 15.7. The highest BCUT2D eigenvalue weighted by atomic mass is 16.6. The lowest BCUT2D eigenvalue weighted by Crippen LogP contribution is -2.39. The molecule has 2 heterocycles. The van der Waals surface area contributed by atoms with Gasteiger partial charge >= 0.3 is 5.97 Å². The van der Waals surface area contributed by atoms with Gasteiger partial charge < -0.3 is 9.72 Å². The van der Waals surface area contributed by atoms with Gasteiger partial charge in [0.1, 0.15) is 23.7 Å². The molecule has 0 fully saturated rings. The number of fused-ring (bicyclic) bond motifs is 1. The number of carbonyl (C=O) groups is 2. The van der Waals surface area contributed by atoms with Gasteiger partial charge in [-0.2, -0.15) is 0 Å². The first-order valence-electron chi connectivity index (χ1n) is 10.4. The van der Waals surface area contributed by atoms with Crippen LogP contribution in [0, 0.1) is 0 Å². The Kier molecular flexibility index (Phi) is 5.77. The van der Waals surface area contributed by atoms with Crippen molar-refractivity contribution in [1.82, 2.24) is 9.88 Å². The third kappa shape index (κ3) is 5.03. The average Bonchev–Trinajstić information content (AvgIpc) is 3.28. The van der Waals surface area contributed by atoms with E-state index in [2.05, 4.69) is 9.98 Å². The average molecular weight is 428 g/mol. The Bertz CT molecular complexity index is 1210. The maximum absolute atomic E-state index is 13.1. The summed E-state index contributed by atoms with van der Waals surface area (Å²) in [5, 5.41) is 1.09. The maximum atomic E-state index is 13.1. The number of H-pyrrole nitrogens is 1. The van der Waals surface area contributed by atoms with E-state index in [0.717, 1.165) is 22.2 Å². The number of aromatic nitrogens is 1. The summed E-state index contributed by atoms with van der Waals surface area (Å²) >= 11 is 0. The topological polar surface area (TPSA) is 74.8 Å². The second-order valence-corrected chi connectivity index (χ2v) is 8.53. The highest BCUT2D eigenvalue weighted by molar-refractivity contribution is 6.19. The fourth-order valence-corrected chi connectivity index (χ4v) is 3.41. The standard InChI is InChI=1S/C26H25N3O3/c1-26(2,3)32-24(30)17-29-23(14-13-20-16-19-11-7-8-12-21(19)27-20)28-22(25(29)31)15-18-9-5-4-6-10-18/h4-16,27H,17H2,1-3H3/b14-13+,22-15-. The van der Waals surface area contributed by atoms with Crippen LogP contribution < -0.4 is 0 Å². The minimum Gasteiger partial charge on any atom is -0.459 e. The van der Waals surface area contributed by atoms with Crippen molar-refractivity contribution in [1.29, 1.82) is 0 Å². The Morgan fingerprint density at radius 1 is 1.06 bits per heavy atom. The zero-order valence-electron chi connectivity index (χ0n) is 18.3. The number of hydrogen-bond acceptors (Lipinski definition) is 4. The fourth-order valence-electron chi connectivity index (χ4n) is 3.41. The van der Waals surface area contributed by atoms with E-state index in [1.807, 2.05) is 66.7 Å². The number of amidine groups is 1. The van der Waals surface area contributed by atoms with Crippen LogP contribution in [0.15, 0.2) is 77.4 Å². The molecule has 32 heavy (non-hydrogen) atoms. The third-order valence-corrected chi connectivity index (χ3v) is 4.75. The van der Waals surface area contributed by atoms with E-state index in [1.54, 1.807) is 32.9 Å². The van der Waals surface area contributed by atoms with E-state index >= 15 is 0 Å². The van der Waals surface area contributed by atoms with Crippen molar-refractivity contribution in [3.05, 3.63) is 83.7 Å². The number of hydrogen-bond donors (Lipinski definition) is 1. The van der Waals surface area contributed by atoms with Crippen molar-refractivity contribution in [2.75, 3.05) is 6.54 Å². The summed E-state index contributed by atoms with van der Waals surface area (Å²) in [6, 6.07) is 19.5. The Balaban J connectivity index is 1.63. The summed E-state index contributed by atoms with van der Waals surface area (Å²) in [6.07, 6.45) is 5.30. The van der Waals surface area contributed by atoms with Crippen LogP contribution in [0.3, 0.4) is 0 Å². The highest BCUT2D eigenvalue weighted by Gasteiger charge is 2.32. The molecule has 2 aromatic carbocycles. The number of rotatable bonds is 5. The molecule has 0 spiro atoms. The SMILES string of the molecule is CC(C)(C)OC(=O)CN1C(=O)/C(=C/c2ccccc2)N=C1/C=C/c1cc2ccccc2[nH]1. The lowest BCUT2D eigenvalue weighted by molar-refractivity contribution is -0.156. The van der Waals surface area contributed by atoms with Crippen LogP contribution in [-0.2, 0) is 14.3 Å². The van der Waals surface area contributed by atoms with E-state index in [0.29, 0.717) is 5.84 Å². The Morgan fingerprint density at radius 3 is 2.50 bits per heavy atom. The van der Waals surface area contributed by atoms with Crippen LogP contribution in [0.5, 0.6) is 0 Å². The van der Waals surface area contributed by atoms with Crippen molar-refractivity contribution < 1.29 is 14.3 Å². The Morgan fingerprint density at radius 2 is 1.78 bits per heavy atom. The summed E-state index contributed by atoms with van der Waals surface area (Å²) in [4.78, 5) is 34.7. The molecular formula is C26H25N3O3. The van der Waals surface area contributed by atoms with Gasteiger partial charge in [0.05, 0.1) is 0 Å². The van der Waals surface area contributed by atoms with Crippen molar-refractivity contribution >= 4 is 40.8 Å². The highest BCUT2D eigenvalue weighted by Crippen LogP contribution is 2.21. The molecule has 1 N–H and O–H groups in total. The maximum Gasteiger partial charge on any atom is 0.326 e. The smallest absolute Gasteiger partial charge is 0.326 e. The number of esters is 1. The predicted octanol–water partition coefficient (Wildman–Crippen LogP) is 4.80. The first kappa shape index (κ1) is 21.3. The Hall–Kier alpha value is -3.93. The van der Waals surface area contributed by atoms with Gasteiger partial charge in [-0.15, -0.1) is 0 Å². The van der Waals surface area contributed by atoms with Gasteiger partial charge in [-0.1, -0.05) is 48.5 Å². The second-order valence-electron chi connectivity index (χ2n) is 8.53. The summed E-state index contributed by atoms with van der Waals surface area (Å²) in [5.74, 6) is -0.434. The van der Waals surface area contributed by atoms with Crippen LogP contribution in [0.1, 0.15) is 32.0 Å². The summed E-state index contributed by atoms with van der Waals surface area (Å²) in [5.41, 5.74) is 2.39. The van der Waals surface area contributed by atoms with Crippen molar-refractivity contribution in [2.24, 2.45) is 4.99 Å². The third-order valence-electron chi connectivity index (χ3n) is 4.75. The lowest BCUT2D eigenvalue weighted by Gasteiger charge is -2.22. The molecule has 1 aliphatic rings. The first-order valence-corrected chi connectivity index (χ1v) is 10.4. The van der Waals surface area contributed by atoms with Crippen LogP contribution in [-0.4, -0.2) is 39.7 Å². The Labute approximate surface area is 186 Å². The van der Waals surface area contributed by atoms with Crippen LogP contribution in [0.25, 0.3) is 23.1 Å². The predicted molar refractivity (Wildman–Crippen MR) is 127 cm³/mol. The number of benzene rings is 2. The monoisotopic (exact) mass is 427 g/mol. The molecule has 6 nitrogen and oxygen atoms in total. The quantitative estimate of drug-likeness (QED) is 0.469. The van der Waals surface area contributed by atoms with E-state index in [1.165, 1.54) is 4.90 Å². The summed E-state index contributed by atoms with van der Waals surface area (Å²) < 4.78 is 5.41. The minimum absolute atomic E-state index is 0.210. The molecule has 162 valence electrons. The molecule has 0 bridgehead atoms. The van der Waals surface area contributed by atoms with Gasteiger partial charge in [-0.3, -0.25) is 14.5 Å². The summed E-state index contributed by atoms with van der Waals surface area (Å²) in [7, 11) is 0. The van der Waals surface area contributed by atoms with Crippen molar-refractivity contribution in [2.45, 2.75) is 26.4 Å². The largest absolute Gasteiger partial charge is 0.459 e. The number of amides is 1. The number of nitrogens with zero attached hydrogens (tertiary/aromatic N) is 2. The second kappa shape index (κ2) is 8.67. The van der Waals surface area contributed by atoms with Gasteiger partial charge in [0.2, 0.25) is 0 Å². The van der Waals surface area contributed by atoms with Crippen LogP contribution in [0.4, 0.5) is 0 Å². The number of ether oxygens (including phenoxy) is 1. The molecule has 0 unspecified atom stereocenters. The first-order chi connectivity index (χ1) is 15.3. The molecule has 1 aliphatic heterocycles. The zero-order valence-corrected chi connectivity index (χ0v) is 18.3. The van der Waals surface area contributed by atoms with Gasteiger partial charge in [-0.05, 0) is 62.1 Å². The molecule has 0 atom stereocenters. The number of aliphatic imine (C=N–C) groups is 1. The van der Waals surface area contributed by atoms with Gasteiger partial charge in [0.15, 0.2) is 0 Å². The zero-order chi connectivity index (χ0) is 22.7. The van der Waals surface area contributed by atoms with Gasteiger partial charge in [-0.25, -0.2) is 4.99 Å². The number of nitrogens with one attached hydrogen (secondary N) is 1. The number of carbonyl (C=O) groups excluding carboxylic acids is 2. The lowest BCUT2D eigenvalue weighted by atomic mass is 10.2. The number of aromatic amines is 1. The molecule has 0 aliphatic carbocycles. The van der Waals surface area contributed by atoms with Crippen LogP contribution >= 0.6 is 0 Å². The van der Waals surface area contributed by atoms with Crippen molar-refractivity contribution in [3.8, 4) is 0 Å². The molecule has 6 heteroatoms. The molecule has 1 aromatic heterocycles. The van der Waals surface area contributed by atoms with Gasteiger partial charge in [0.25, 0.3) is 5.91 Å². The molecular weight excluding hydrogens is 402 g/mol. The summed E-state index contributed by atoms with van der Waals surface area (Å²) in [6.45, 7) is 5.17. The van der Waals surface area contributed by atoms with E-state index in [9.17, 15) is 9.59 Å². The van der Waals surface area contributed by atoms with Crippen LogP contribution in [0.2, 0.25) is 0 Å². The molecule has 0 radical (unpaired) electrons. The van der Waals surface area contributed by atoms with Gasteiger partial charge in [0, 0.05) is 11.2 Å². The molecule has 0 saturated carbocycles. The van der Waals surface area contributed by atoms with E-state index in [-0.39, 0.29) is 18.1 Å². The molecule has 4 rings (SSSR count). The molecule has 3 aromatic rings. The molecule has 0 saturated heterocycles. The molecule has 1 amide bonds.